The first-order chi connectivity index (χ1) is 8.55. The number of carboxylic acids is 1. The van der Waals surface area contributed by atoms with Crippen molar-refractivity contribution in [1.82, 2.24) is 0 Å². The number of methoxy groups -OCH3 is 1. The van der Waals surface area contributed by atoms with Gasteiger partial charge in [0.05, 0.1) is 18.1 Å². The van der Waals surface area contributed by atoms with Crippen LogP contribution < -0.4 is 4.74 Å². The van der Waals surface area contributed by atoms with Crippen molar-refractivity contribution in [2.45, 2.75) is 24.7 Å². The number of aliphatic carboxylic acids is 1. The maximum Gasteiger partial charge on any atom is 0.314 e. The number of phenols is 1. The highest BCUT2D eigenvalue weighted by Gasteiger charge is 2.46. The topological polar surface area (TPSA) is 90.5 Å². The average molecular weight is 247 g/mol. The Morgan fingerprint density at radius 3 is 2.56 bits per heavy atom. The summed E-state index contributed by atoms with van der Waals surface area (Å²) in [6.45, 7) is 0. The van der Waals surface area contributed by atoms with Crippen LogP contribution in [0.5, 0.6) is 11.5 Å². The molecule has 1 aromatic rings. The number of benzene rings is 1. The second-order valence-corrected chi connectivity index (χ2v) is 4.43. The van der Waals surface area contributed by atoms with Gasteiger partial charge in [-0.1, -0.05) is 6.42 Å². The molecule has 5 nitrogen and oxygen atoms in total. The van der Waals surface area contributed by atoms with E-state index in [1.54, 1.807) is 0 Å². The summed E-state index contributed by atoms with van der Waals surface area (Å²) >= 11 is 0. The Morgan fingerprint density at radius 1 is 1.50 bits per heavy atom. The molecule has 0 atom stereocenters. The Bertz CT molecular complexity index is 541. The van der Waals surface area contributed by atoms with Crippen molar-refractivity contribution < 1.29 is 19.7 Å². The van der Waals surface area contributed by atoms with Gasteiger partial charge in [-0.15, -0.1) is 0 Å². The van der Waals surface area contributed by atoms with Crippen LogP contribution in [0.25, 0.3) is 0 Å². The average Bonchev–Trinajstić information content (AvgIpc) is 2.28. The molecule has 2 rings (SSSR count). The molecule has 0 bridgehead atoms. The van der Waals surface area contributed by atoms with Gasteiger partial charge in [0.25, 0.3) is 0 Å². The van der Waals surface area contributed by atoms with Gasteiger partial charge in [-0.25, -0.2) is 0 Å². The van der Waals surface area contributed by atoms with E-state index in [-0.39, 0.29) is 17.1 Å². The van der Waals surface area contributed by atoms with Crippen molar-refractivity contribution in [2.75, 3.05) is 7.11 Å². The van der Waals surface area contributed by atoms with Gasteiger partial charge >= 0.3 is 5.97 Å². The Balaban J connectivity index is 2.59. The van der Waals surface area contributed by atoms with E-state index in [1.165, 1.54) is 19.2 Å². The molecular formula is C13H13NO4. The summed E-state index contributed by atoms with van der Waals surface area (Å²) in [4.78, 5) is 11.4. The van der Waals surface area contributed by atoms with Crippen molar-refractivity contribution >= 4 is 5.97 Å². The van der Waals surface area contributed by atoms with E-state index in [1.807, 2.05) is 6.07 Å². The van der Waals surface area contributed by atoms with E-state index in [2.05, 4.69) is 0 Å². The van der Waals surface area contributed by atoms with Crippen LogP contribution in [0, 0.1) is 11.3 Å². The van der Waals surface area contributed by atoms with Gasteiger partial charge in [-0.05, 0) is 30.5 Å². The number of aromatic hydroxyl groups is 1. The lowest BCUT2D eigenvalue weighted by atomic mass is 9.64. The zero-order valence-electron chi connectivity index (χ0n) is 9.93. The number of hydrogen-bond donors (Lipinski definition) is 2. The molecule has 0 radical (unpaired) electrons. The van der Waals surface area contributed by atoms with Crippen molar-refractivity contribution in [2.24, 2.45) is 0 Å². The zero-order chi connectivity index (χ0) is 13.3. The van der Waals surface area contributed by atoms with Crippen LogP contribution in [0.1, 0.15) is 30.4 Å². The highest BCUT2D eigenvalue weighted by molar-refractivity contribution is 5.83. The summed E-state index contributed by atoms with van der Waals surface area (Å²) in [5, 5.41) is 28.0. The molecule has 0 aliphatic heterocycles. The number of carbonyl (C=O) groups is 1. The number of hydrogen-bond acceptors (Lipinski definition) is 4. The number of rotatable bonds is 3. The number of nitrogens with zero attached hydrogens (tertiary/aromatic N) is 1. The fourth-order valence-electron chi connectivity index (χ4n) is 2.28. The molecule has 1 aliphatic carbocycles. The van der Waals surface area contributed by atoms with E-state index >= 15 is 0 Å². The van der Waals surface area contributed by atoms with E-state index in [0.29, 0.717) is 18.4 Å². The van der Waals surface area contributed by atoms with Gasteiger partial charge in [0.2, 0.25) is 0 Å². The van der Waals surface area contributed by atoms with E-state index in [0.717, 1.165) is 6.42 Å². The van der Waals surface area contributed by atoms with Crippen molar-refractivity contribution in [3.63, 3.8) is 0 Å². The summed E-state index contributed by atoms with van der Waals surface area (Å²) < 4.78 is 4.98. The minimum atomic E-state index is -0.938. The molecule has 2 N–H and O–H groups in total. The quantitative estimate of drug-likeness (QED) is 0.849. The summed E-state index contributed by atoms with van der Waals surface area (Å²) in [7, 11) is 1.37. The Hall–Kier alpha value is -2.22. The molecule has 5 heteroatoms. The van der Waals surface area contributed by atoms with E-state index < -0.39 is 11.4 Å². The van der Waals surface area contributed by atoms with Crippen molar-refractivity contribution in [3.8, 4) is 17.6 Å². The summed E-state index contributed by atoms with van der Waals surface area (Å²) in [5.74, 6) is -1.01. The number of nitriles is 1. The predicted octanol–water partition coefficient (Wildman–Crippen LogP) is 1.78. The van der Waals surface area contributed by atoms with Crippen LogP contribution in [0.2, 0.25) is 0 Å². The van der Waals surface area contributed by atoms with Gasteiger partial charge in [0, 0.05) is 0 Å². The third-order valence-electron chi connectivity index (χ3n) is 3.58. The molecule has 18 heavy (non-hydrogen) atoms. The largest absolute Gasteiger partial charge is 0.503 e. The molecule has 0 spiro atoms. The lowest BCUT2D eigenvalue weighted by Crippen LogP contribution is -2.42. The molecule has 1 fully saturated rings. The number of carboxylic acid groups (broad SMARTS) is 1. The molecule has 0 unspecified atom stereocenters. The highest BCUT2D eigenvalue weighted by atomic mass is 16.5. The first-order valence-electron chi connectivity index (χ1n) is 5.60. The SMILES string of the molecule is COc1cc(C2(C(=O)O)CCC2)cc(C#N)c1O. The van der Waals surface area contributed by atoms with Gasteiger partial charge in [0.15, 0.2) is 11.5 Å². The monoisotopic (exact) mass is 247 g/mol. The highest BCUT2D eigenvalue weighted by Crippen LogP contribution is 2.46. The van der Waals surface area contributed by atoms with Crippen LogP contribution in [0.3, 0.4) is 0 Å². The molecule has 0 aromatic heterocycles. The minimum Gasteiger partial charge on any atom is -0.503 e. The molecule has 0 heterocycles. The third-order valence-corrected chi connectivity index (χ3v) is 3.58. The molecule has 0 amide bonds. The summed E-state index contributed by atoms with van der Waals surface area (Å²) in [6.07, 6.45) is 1.93. The van der Waals surface area contributed by atoms with Gasteiger partial charge < -0.3 is 14.9 Å². The van der Waals surface area contributed by atoms with Crippen LogP contribution in [-0.2, 0) is 10.2 Å². The smallest absolute Gasteiger partial charge is 0.314 e. The van der Waals surface area contributed by atoms with Crippen LogP contribution in [-0.4, -0.2) is 23.3 Å². The normalized spacial score (nSPS) is 16.4. The lowest BCUT2D eigenvalue weighted by Gasteiger charge is -2.38. The standard InChI is InChI=1S/C13H13NO4/c1-18-10-6-9(5-8(7-14)11(10)15)13(12(16)17)3-2-4-13/h5-6,15H,2-4H2,1H3,(H,16,17). The van der Waals surface area contributed by atoms with E-state index in [9.17, 15) is 15.0 Å². The van der Waals surface area contributed by atoms with Crippen molar-refractivity contribution in [3.05, 3.63) is 23.3 Å². The lowest BCUT2D eigenvalue weighted by molar-refractivity contribution is -0.147. The fraction of sp³-hybridized carbons (Fsp3) is 0.385. The van der Waals surface area contributed by atoms with Gasteiger partial charge in [-0.3, -0.25) is 4.79 Å². The van der Waals surface area contributed by atoms with Crippen LogP contribution in [0.15, 0.2) is 12.1 Å². The Labute approximate surface area is 104 Å². The summed E-state index contributed by atoms with van der Waals surface area (Å²) in [5.41, 5.74) is -0.378. The molecule has 0 saturated heterocycles. The van der Waals surface area contributed by atoms with Gasteiger partial charge in [0.1, 0.15) is 6.07 Å². The van der Waals surface area contributed by atoms with Crippen LogP contribution in [0.4, 0.5) is 0 Å². The van der Waals surface area contributed by atoms with Gasteiger partial charge in [-0.2, -0.15) is 5.26 Å². The molecule has 1 saturated carbocycles. The molecular weight excluding hydrogens is 234 g/mol. The number of phenolic OH excluding ortho intramolecular Hbond substituents is 1. The molecule has 1 aromatic carbocycles. The zero-order valence-corrected chi connectivity index (χ0v) is 9.93. The second kappa shape index (κ2) is 4.22. The third kappa shape index (κ3) is 1.58. The Kier molecular flexibility index (Phi) is 2.87. The van der Waals surface area contributed by atoms with Crippen LogP contribution >= 0.6 is 0 Å². The molecule has 94 valence electrons. The minimum absolute atomic E-state index is 0.0388. The maximum absolute atomic E-state index is 11.4. The first kappa shape index (κ1) is 12.2. The van der Waals surface area contributed by atoms with E-state index in [4.69, 9.17) is 10.00 Å². The summed E-state index contributed by atoms with van der Waals surface area (Å²) in [6, 6.07) is 4.79. The first-order valence-corrected chi connectivity index (χ1v) is 5.60. The maximum atomic E-state index is 11.4. The predicted molar refractivity (Wildman–Crippen MR) is 62.5 cm³/mol. The molecule has 1 aliphatic rings. The Morgan fingerprint density at radius 2 is 2.17 bits per heavy atom. The number of ether oxygens (including phenoxy) is 1. The van der Waals surface area contributed by atoms with Crippen molar-refractivity contribution in [1.29, 1.82) is 5.26 Å². The fourth-order valence-corrected chi connectivity index (χ4v) is 2.28. The second-order valence-electron chi connectivity index (χ2n) is 4.43.